The first-order valence-corrected chi connectivity index (χ1v) is 9.50. The Bertz CT molecular complexity index is 852. The van der Waals surface area contributed by atoms with E-state index in [1.165, 1.54) is 17.3 Å². The Balaban J connectivity index is 1.42. The van der Waals surface area contributed by atoms with Gasteiger partial charge in [0.15, 0.2) is 6.61 Å². The smallest absolute Gasteiger partial charge is 0.276 e. The van der Waals surface area contributed by atoms with Crippen LogP contribution in [-0.4, -0.2) is 22.6 Å². The molecule has 0 aliphatic rings. The van der Waals surface area contributed by atoms with E-state index in [9.17, 15) is 0 Å². The van der Waals surface area contributed by atoms with Gasteiger partial charge in [0.2, 0.25) is 0 Å². The van der Waals surface area contributed by atoms with Crippen LogP contribution >= 0.6 is 23.4 Å². The Hall–Kier alpha value is -2.18. The average molecular weight is 391 g/mol. The Kier molecular flexibility index (Phi) is 6.41. The molecule has 0 aliphatic heterocycles. The number of hydrogen-bond acceptors (Lipinski definition) is 6. The molecule has 0 saturated heterocycles. The van der Waals surface area contributed by atoms with E-state index in [1.54, 1.807) is 24.3 Å². The fourth-order valence-electron chi connectivity index (χ4n) is 2.17. The third kappa shape index (κ3) is 5.41. The zero-order valence-corrected chi connectivity index (χ0v) is 16.1. The normalized spacial score (nSPS) is 10.7. The highest BCUT2D eigenvalue weighted by Crippen LogP contribution is 2.21. The number of aromatic nitrogens is 2. The monoisotopic (exact) mass is 390 g/mol. The lowest BCUT2D eigenvalue weighted by molar-refractivity contribution is 0.252. The second kappa shape index (κ2) is 8.96. The van der Waals surface area contributed by atoms with Gasteiger partial charge in [-0.15, -0.1) is 10.2 Å². The molecule has 5 nitrogen and oxygen atoms in total. The lowest BCUT2D eigenvalue weighted by Gasteiger charge is -2.08. The van der Waals surface area contributed by atoms with E-state index in [4.69, 9.17) is 25.5 Å². The molecule has 0 bridgehead atoms. The molecular formula is C19H19ClN2O3S. The molecule has 7 heteroatoms. The summed E-state index contributed by atoms with van der Waals surface area (Å²) >= 11 is 7.29. The van der Waals surface area contributed by atoms with Crippen molar-refractivity contribution in [2.24, 2.45) is 0 Å². The molecule has 0 spiro atoms. The highest BCUT2D eigenvalue weighted by molar-refractivity contribution is 7.99. The van der Waals surface area contributed by atoms with Gasteiger partial charge >= 0.3 is 0 Å². The van der Waals surface area contributed by atoms with Gasteiger partial charge in [-0.1, -0.05) is 35.5 Å². The van der Waals surface area contributed by atoms with Crippen molar-refractivity contribution in [2.45, 2.75) is 25.7 Å². The van der Waals surface area contributed by atoms with Crippen molar-refractivity contribution in [1.82, 2.24) is 10.2 Å². The minimum atomic E-state index is 0.216. The molecule has 0 radical (unpaired) electrons. The Morgan fingerprint density at radius 1 is 1.04 bits per heavy atom. The van der Waals surface area contributed by atoms with Crippen molar-refractivity contribution in [1.29, 1.82) is 0 Å². The summed E-state index contributed by atoms with van der Waals surface area (Å²) in [6.45, 7) is 4.86. The number of thioether (sulfide) groups is 1. The molecule has 0 N–H and O–H groups in total. The summed E-state index contributed by atoms with van der Waals surface area (Å²) in [7, 11) is 0. The summed E-state index contributed by atoms with van der Waals surface area (Å²) in [5.74, 6) is 2.75. The minimum absolute atomic E-state index is 0.216. The second-order valence-electron chi connectivity index (χ2n) is 5.67. The summed E-state index contributed by atoms with van der Waals surface area (Å²) in [4.78, 5) is 0. The number of hydrogen-bond donors (Lipinski definition) is 0. The summed E-state index contributed by atoms with van der Waals surface area (Å²) in [6, 6.07) is 13.3. The average Bonchev–Trinajstić information content (AvgIpc) is 3.09. The third-order valence-corrected chi connectivity index (χ3v) is 4.57. The van der Waals surface area contributed by atoms with Crippen LogP contribution in [0.1, 0.15) is 17.0 Å². The van der Waals surface area contributed by atoms with Gasteiger partial charge < -0.3 is 13.9 Å². The van der Waals surface area contributed by atoms with Crippen LogP contribution in [0.3, 0.4) is 0 Å². The molecule has 0 aliphatic carbocycles. The van der Waals surface area contributed by atoms with Crippen LogP contribution in [0.2, 0.25) is 5.02 Å². The van der Waals surface area contributed by atoms with Gasteiger partial charge in [0.25, 0.3) is 11.1 Å². The maximum absolute atomic E-state index is 5.84. The standard InChI is InChI=1S/C19H19ClN2O3S/c1-13-3-4-14(2)17(11-13)23-9-10-26-19-22-21-18(25-19)12-24-16-7-5-15(20)6-8-16/h3-8,11H,9-10,12H2,1-2H3. The fraction of sp³-hybridized carbons (Fsp3) is 0.263. The van der Waals surface area contributed by atoms with Crippen molar-refractivity contribution < 1.29 is 13.9 Å². The summed E-state index contributed by atoms with van der Waals surface area (Å²) in [5, 5.41) is 9.16. The Morgan fingerprint density at radius 3 is 2.65 bits per heavy atom. The topological polar surface area (TPSA) is 57.4 Å². The summed E-state index contributed by atoms with van der Waals surface area (Å²) in [5.41, 5.74) is 2.31. The highest BCUT2D eigenvalue weighted by Gasteiger charge is 2.08. The first-order chi connectivity index (χ1) is 12.6. The highest BCUT2D eigenvalue weighted by atomic mass is 35.5. The van der Waals surface area contributed by atoms with E-state index in [1.807, 2.05) is 19.9 Å². The van der Waals surface area contributed by atoms with Gasteiger partial charge in [-0.3, -0.25) is 0 Å². The van der Waals surface area contributed by atoms with Gasteiger partial charge in [0.1, 0.15) is 11.5 Å². The summed E-state index contributed by atoms with van der Waals surface area (Å²) in [6.07, 6.45) is 0. The van der Waals surface area contributed by atoms with Crippen LogP contribution in [0.15, 0.2) is 52.1 Å². The molecule has 2 aromatic carbocycles. The quantitative estimate of drug-likeness (QED) is 0.394. The lowest BCUT2D eigenvalue weighted by Crippen LogP contribution is -2.01. The van der Waals surface area contributed by atoms with Gasteiger partial charge in [0, 0.05) is 10.8 Å². The van der Waals surface area contributed by atoms with Crippen molar-refractivity contribution in [2.75, 3.05) is 12.4 Å². The van der Waals surface area contributed by atoms with Crippen molar-refractivity contribution in [3.63, 3.8) is 0 Å². The van der Waals surface area contributed by atoms with Crippen molar-refractivity contribution in [3.05, 3.63) is 64.5 Å². The largest absolute Gasteiger partial charge is 0.492 e. The first-order valence-electron chi connectivity index (χ1n) is 8.14. The number of rotatable bonds is 8. The molecular weight excluding hydrogens is 372 g/mol. The van der Waals surface area contributed by atoms with Crippen LogP contribution in [0, 0.1) is 13.8 Å². The Labute approximate surface area is 161 Å². The molecule has 3 aromatic rings. The maximum Gasteiger partial charge on any atom is 0.276 e. The summed E-state index contributed by atoms with van der Waals surface area (Å²) < 4.78 is 17.0. The van der Waals surface area contributed by atoms with Gasteiger partial charge in [-0.25, -0.2) is 0 Å². The lowest BCUT2D eigenvalue weighted by atomic mass is 10.1. The number of halogens is 1. The van der Waals surface area contributed by atoms with E-state index in [-0.39, 0.29) is 6.61 Å². The zero-order chi connectivity index (χ0) is 18.4. The van der Waals surface area contributed by atoms with Gasteiger partial charge in [-0.05, 0) is 55.3 Å². The van der Waals surface area contributed by atoms with Crippen molar-refractivity contribution >= 4 is 23.4 Å². The minimum Gasteiger partial charge on any atom is -0.492 e. The number of nitrogens with zero attached hydrogens (tertiary/aromatic N) is 2. The Morgan fingerprint density at radius 2 is 1.85 bits per heavy atom. The molecule has 1 aromatic heterocycles. The predicted molar refractivity (Wildman–Crippen MR) is 102 cm³/mol. The van der Waals surface area contributed by atoms with E-state index in [0.29, 0.717) is 34.2 Å². The molecule has 26 heavy (non-hydrogen) atoms. The fourth-order valence-corrected chi connectivity index (χ4v) is 2.90. The van der Waals surface area contributed by atoms with Crippen LogP contribution in [0.5, 0.6) is 11.5 Å². The third-order valence-electron chi connectivity index (χ3n) is 3.53. The molecule has 0 fully saturated rings. The van der Waals surface area contributed by atoms with Crippen LogP contribution in [0.4, 0.5) is 0 Å². The number of aryl methyl sites for hydroxylation is 2. The molecule has 3 rings (SSSR count). The van der Waals surface area contributed by atoms with E-state index in [2.05, 4.69) is 22.3 Å². The first kappa shape index (κ1) is 18.6. The van der Waals surface area contributed by atoms with E-state index < -0.39 is 0 Å². The number of ether oxygens (including phenoxy) is 2. The molecule has 0 atom stereocenters. The van der Waals surface area contributed by atoms with Crippen LogP contribution < -0.4 is 9.47 Å². The SMILES string of the molecule is Cc1ccc(C)c(OCCSc2nnc(COc3ccc(Cl)cc3)o2)c1. The van der Waals surface area contributed by atoms with E-state index >= 15 is 0 Å². The van der Waals surface area contributed by atoms with Gasteiger partial charge in [0.05, 0.1) is 6.61 Å². The van der Waals surface area contributed by atoms with Gasteiger partial charge in [-0.2, -0.15) is 0 Å². The molecule has 136 valence electrons. The second-order valence-corrected chi connectivity index (χ2v) is 7.15. The number of benzene rings is 2. The van der Waals surface area contributed by atoms with E-state index in [0.717, 1.165) is 11.3 Å². The maximum atomic E-state index is 5.84. The molecule has 0 unspecified atom stereocenters. The van der Waals surface area contributed by atoms with Crippen LogP contribution in [0.25, 0.3) is 0 Å². The molecule has 0 amide bonds. The van der Waals surface area contributed by atoms with Crippen LogP contribution in [-0.2, 0) is 6.61 Å². The predicted octanol–water partition coefficient (Wildman–Crippen LogP) is 5.09. The molecule has 0 saturated carbocycles. The van der Waals surface area contributed by atoms with Crippen molar-refractivity contribution in [3.8, 4) is 11.5 Å². The molecule has 1 heterocycles. The zero-order valence-electron chi connectivity index (χ0n) is 14.6.